The van der Waals surface area contributed by atoms with E-state index in [0.717, 1.165) is 21.6 Å². The van der Waals surface area contributed by atoms with Crippen LogP contribution in [-0.2, 0) is 0 Å². The van der Waals surface area contributed by atoms with Crippen molar-refractivity contribution >= 4 is 22.5 Å². The van der Waals surface area contributed by atoms with Crippen LogP contribution in [0.15, 0.2) is 18.2 Å². The van der Waals surface area contributed by atoms with Gasteiger partial charge in [0.1, 0.15) is 0 Å². The smallest absolute Gasteiger partial charge is 0.0725 e. The van der Waals surface area contributed by atoms with E-state index >= 15 is 0 Å². The van der Waals surface area contributed by atoms with Crippen LogP contribution in [0.25, 0.3) is 10.9 Å². The number of benzene rings is 1. The van der Waals surface area contributed by atoms with E-state index in [-0.39, 0.29) is 0 Å². The van der Waals surface area contributed by atoms with Crippen molar-refractivity contribution in [3.05, 3.63) is 40.0 Å². The molecule has 0 aliphatic rings. The van der Waals surface area contributed by atoms with Crippen molar-refractivity contribution in [2.45, 2.75) is 33.6 Å². The molecule has 0 fully saturated rings. The largest absolute Gasteiger partial charge is 0.252 e. The Balaban J connectivity index is 2.81. The van der Waals surface area contributed by atoms with E-state index in [0.29, 0.717) is 5.92 Å². The molecule has 2 heteroatoms. The highest BCUT2D eigenvalue weighted by Crippen LogP contribution is 2.29. The molecule has 1 aromatic carbocycles. The fraction of sp³-hybridized carbons (Fsp3) is 0.357. The van der Waals surface area contributed by atoms with Crippen molar-refractivity contribution in [1.29, 1.82) is 0 Å². The van der Waals surface area contributed by atoms with Crippen molar-refractivity contribution in [2.24, 2.45) is 0 Å². The molecule has 84 valence electrons. The maximum atomic E-state index is 6.32. The van der Waals surface area contributed by atoms with Crippen molar-refractivity contribution in [3.8, 4) is 0 Å². The average Bonchev–Trinajstić information content (AvgIpc) is 2.15. The molecule has 0 bridgehead atoms. The predicted molar refractivity (Wildman–Crippen MR) is 70.3 cm³/mol. The molecule has 0 aliphatic heterocycles. The minimum atomic E-state index is 0.405. The number of pyridine rings is 1. The first kappa shape index (κ1) is 11.4. The van der Waals surface area contributed by atoms with Gasteiger partial charge in [-0.05, 0) is 43.0 Å². The molecule has 0 spiro atoms. The van der Waals surface area contributed by atoms with E-state index in [4.69, 9.17) is 11.6 Å². The molecule has 2 aromatic rings. The number of nitrogens with zero attached hydrogens (tertiary/aromatic N) is 1. The summed E-state index contributed by atoms with van der Waals surface area (Å²) in [4.78, 5) is 4.67. The Morgan fingerprint density at radius 1 is 1.12 bits per heavy atom. The highest BCUT2D eigenvalue weighted by Gasteiger charge is 2.09. The van der Waals surface area contributed by atoms with Crippen molar-refractivity contribution in [1.82, 2.24) is 4.98 Å². The average molecular weight is 234 g/mol. The van der Waals surface area contributed by atoms with E-state index < -0.39 is 0 Å². The molecule has 0 saturated heterocycles. The van der Waals surface area contributed by atoms with Gasteiger partial charge in [-0.15, -0.1) is 0 Å². The van der Waals surface area contributed by atoms with Gasteiger partial charge in [0.25, 0.3) is 0 Å². The van der Waals surface area contributed by atoms with Gasteiger partial charge >= 0.3 is 0 Å². The van der Waals surface area contributed by atoms with Gasteiger partial charge in [-0.1, -0.05) is 31.5 Å². The number of halogens is 1. The van der Waals surface area contributed by atoms with Crippen molar-refractivity contribution < 1.29 is 0 Å². The second kappa shape index (κ2) is 4.06. The Bertz CT molecular complexity index is 544. The molecule has 1 heterocycles. The van der Waals surface area contributed by atoms with Crippen LogP contribution in [-0.4, -0.2) is 4.98 Å². The van der Waals surface area contributed by atoms with Gasteiger partial charge in [0.05, 0.1) is 10.5 Å². The zero-order valence-electron chi connectivity index (χ0n) is 10.1. The van der Waals surface area contributed by atoms with Gasteiger partial charge in [-0.25, -0.2) is 0 Å². The SMILES string of the molecule is Cc1cc(C)c2c(Cl)cc(C(C)C)nc2c1. The maximum Gasteiger partial charge on any atom is 0.0725 e. The van der Waals surface area contributed by atoms with Gasteiger partial charge in [0, 0.05) is 11.1 Å². The molecule has 1 aromatic heterocycles. The molecule has 0 radical (unpaired) electrons. The highest BCUT2D eigenvalue weighted by atomic mass is 35.5. The van der Waals surface area contributed by atoms with Crippen LogP contribution in [0.1, 0.15) is 36.6 Å². The molecule has 0 N–H and O–H groups in total. The second-order valence-corrected chi connectivity index (χ2v) is 5.07. The molecule has 0 amide bonds. The Morgan fingerprint density at radius 2 is 1.81 bits per heavy atom. The summed E-state index contributed by atoms with van der Waals surface area (Å²) in [6.45, 7) is 8.43. The van der Waals surface area contributed by atoms with Crippen LogP contribution in [0.4, 0.5) is 0 Å². The minimum absolute atomic E-state index is 0.405. The number of rotatable bonds is 1. The monoisotopic (exact) mass is 233 g/mol. The normalized spacial score (nSPS) is 11.4. The highest BCUT2D eigenvalue weighted by molar-refractivity contribution is 6.35. The number of hydrogen-bond donors (Lipinski definition) is 0. The third kappa shape index (κ3) is 1.92. The number of aromatic nitrogens is 1. The molecule has 1 nitrogen and oxygen atoms in total. The van der Waals surface area contributed by atoms with Crippen LogP contribution >= 0.6 is 11.6 Å². The predicted octanol–water partition coefficient (Wildman–Crippen LogP) is 4.63. The second-order valence-electron chi connectivity index (χ2n) is 4.66. The summed E-state index contributed by atoms with van der Waals surface area (Å²) in [6.07, 6.45) is 0. The van der Waals surface area contributed by atoms with Gasteiger partial charge < -0.3 is 0 Å². The van der Waals surface area contributed by atoms with Crippen LogP contribution in [0, 0.1) is 13.8 Å². The lowest BCUT2D eigenvalue weighted by Crippen LogP contribution is -1.95. The molecular formula is C14H16ClN. The maximum absolute atomic E-state index is 6.32. The zero-order chi connectivity index (χ0) is 11.9. The molecule has 2 rings (SSSR count). The Kier molecular flexibility index (Phi) is 2.90. The first-order chi connectivity index (χ1) is 7.49. The molecule has 0 atom stereocenters. The molecular weight excluding hydrogens is 218 g/mol. The van der Waals surface area contributed by atoms with Crippen LogP contribution < -0.4 is 0 Å². The number of fused-ring (bicyclic) bond motifs is 1. The first-order valence-corrected chi connectivity index (χ1v) is 5.94. The van der Waals surface area contributed by atoms with Crippen LogP contribution in [0.3, 0.4) is 0 Å². The van der Waals surface area contributed by atoms with Crippen molar-refractivity contribution in [3.63, 3.8) is 0 Å². The zero-order valence-corrected chi connectivity index (χ0v) is 10.9. The standard InChI is InChI=1S/C14H16ClN/c1-8(2)12-7-11(15)14-10(4)5-9(3)6-13(14)16-12/h5-8H,1-4H3. The summed E-state index contributed by atoms with van der Waals surface area (Å²) >= 11 is 6.32. The summed E-state index contributed by atoms with van der Waals surface area (Å²) < 4.78 is 0. The Labute approximate surface area is 101 Å². The van der Waals surface area contributed by atoms with E-state index in [9.17, 15) is 0 Å². The summed E-state index contributed by atoms with van der Waals surface area (Å²) in [5, 5.41) is 1.89. The molecule has 16 heavy (non-hydrogen) atoms. The number of hydrogen-bond acceptors (Lipinski definition) is 1. The van der Waals surface area contributed by atoms with Crippen LogP contribution in [0.5, 0.6) is 0 Å². The van der Waals surface area contributed by atoms with Gasteiger partial charge in [0.2, 0.25) is 0 Å². The lowest BCUT2D eigenvalue weighted by Gasteiger charge is -2.10. The van der Waals surface area contributed by atoms with Crippen LogP contribution in [0.2, 0.25) is 5.02 Å². The third-order valence-corrected chi connectivity index (χ3v) is 3.11. The topological polar surface area (TPSA) is 12.9 Å². The summed E-state index contributed by atoms with van der Waals surface area (Å²) in [5.74, 6) is 0.405. The number of aryl methyl sites for hydroxylation is 2. The molecule has 0 aliphatic carbocycles. The van der Waals surface area contributed by atoms with E-state index in [1.807, 2.05) is 6.07 Å². The Morgan fingerprint density at radius 3 is 2.44 bits per heavy atom. The Hall–Kier alpha value is -1.08. The van der Waals surface area contributed by atoms with E-state index in [1.165, 1.54) is 11.1 Å². The lowest BCUT2D eigenvalue weighted by molar-refractivity contribution is 0.830. The quantitative estimate of drug-likeness (QED) is 0.700. The van der Waals surface area contributed by atoms with E-state index in [2.05, 4.69) is 44.8 Å². The van der Waals surface area contributed by atoms with Gasteiger partial charge in [-0.3, -0.25) is 4.98 Å². The summed E-state index contributed by atoms with van der Waals surface area (Å²) in [6, 6.07) is 6.22. The summed E-state index contributed by atoms with van der Waals surface area (Å²) in [5.41, 5.74) is 4.49. The van der Waals surface area contributed by atoms with Gasteiger partial charge in [0.15, 0.2) is 0 Å². The fourth-order valence-electron chi connectivity index (χ4n) is 2.01. The minimum Gasteiger partial charge on any atom is -0.252 e. The van der Waals surface area contributed by atoms with E-state index in [1.54, 1.807) is 0 Å². The third-order valence-electron chi connectivity index (χ3n) is 2.81. The summed E-state index contributed by atoms with van der Waals surface area (Å²) in [7, 11) is 0. The fourth-order valence-corrected chi connectivity index (χ4v) is 2.37. The molecule has 0 saturated carbocycles. The molecule has 0 unspecified atom stereocenters. The van der Waals surface area contributed by atoms with Gasteiger partial charge in [-0.2, -0.15) is 0 Å². The lowest BCUT2D eigenvalue weighted by atomic mass is 10.0. The van der Waals surface area contributed by atoms with Crippen molar-refractivity contribution in [2.75, 3.05) is 0 Å². The first-order valence-electron chi connectivity index (χ1n) is 5.56.